The van der Waals surface area contributed by atoms with E-state index in [1.54, 1.807) is 13.8 Å². The molecule has 0 saturated heterocycles. The Kier molecular flexibility index (Phi) is 5.83. The highest BCUT2D eigenvalue weighted by Crippen LogP contribution is 2.48. The van der Waals surface area contributed by atoms with Crippen molar-refractivity contribution >= 4 is 7.82 Å². The van der Waals surface area contributed by atoms with Crippen LogP contribution in [-0.2, 0) is 18.3 Å². The standard InChI is InChI=1S/C11H25O5P/c1-9(2)15-11(6,7)16-17(12,13)14-8-10(3,4)5/h9H,8H2,1-7H3,(H,12,13). The second-order valence-electron chi connectivity index (χ2n) is 5.96. The summed E-state index contributed by atoms with van der Waals surface area (Å²) in [6.45, 7) is 12.7. The van der Waals surface area contributed by atoms with Crippen LogP contribution in [0.4, 0.5) is 0 Å². The van der Waals surface area contributed by atoms with Crippen molar-refractivity contribution in [1.29, 1.82) is 0 Å². The van der Waals surface area contributed by atoms with Crippen LogP contribution in [0.25, 0.3) is 0 Å². The third-order valence-corrected chi connectivity index (χ3v) is 2.64. The molecule has 0 aliphatic carbocycles. The lowest BCUT2D eigenvalue weighted by Crippen LogP contribution is -2.31. The van der Waals surface area contributed by atoms with Crippen LogP contribution in [0.5, 0.6) is 0 Å². The molecule has 0 aromatic heterocycles. The SMILES string of the molecule is CC(C)OC(C)(C)OP(=O)(O)OCC(C)(C)C. The maximum atomic E-state index is 11.7. The first-order chi connectivity index (χ1) is 7.33. The lowest BCUT2D eigenvalue weighted by molar-refractivity contribution is -0.189. The zero-order chi connectivity index (χ0) is 13.9. The number of hydrogen-bond acceptors (Lipinski definition) is 4. The van der Waals surface area contributed by atoms with Gasteiger partial charge in [0.05, 0.1) is 12.7 Å². The van der Waals surface area contributed by atoms with Gasteiger partial charge in [0, 0.05) is 0 Å². The van der Waals surface area contributed by atoms with Crippen LogP contribution in [-0.4, -0.2) is 23.4 Å². The minimum Gasteiger partial charge on any atom is -0.347 e. The topological polar surface area (TPSA) is 65.0 Å². The van der Waals surface area contributed by atoms with Crippen molar-refractivity contribution in [2.75, 3.05) is 6.61 Å². The predicted octanol–water partition coefficient (Wildman–Crippen LogP) is 3.33. The van der Waals surface area contributed by atoms with E-state index in [2.05, 4.69) is 0 Å². The minimum atomic E-state index is -4.09. The van der Waals surface area contributed by atoms with Crippen LogP contribution in [0.15, 0.2) is 0 Å². The smallest absolute Gasteiger partial charge is 0.347 e. The molecule has 1 unspecified atom stereocenters. The molecule has 0 amide bonds. The third kappa shape index (κ3) is 9.74. The van der Waals surface area contributed by atoms with Crippen LogP contribution >= 0.6 is 7.82 Å². The Morgan fingerprint density at radius 2 is 1.65 bits per heavy atom. The molecule has 0 radical (unpaired) electrons. The highest BCUT2D eigenvalue weighted by molar-refractivity contribution is 7.47. The van der Waals surface area contributed by atoms with E-state index in [1.165, 1.54) is 0 Å². The Morgan fingerprint density at radius 1 is 1.18 bits per heavy atom. The zero-order valence-electron chi connectivity index (χ0n) is 11.8. The van der Waals surface area contributed by atoms with E-state index in [9.17, 15) is 9.46 Å². The van der Waals surface area contributed by atoms with Crippen molar-refractivity contribution in [2.45, 2.75) is 60.4 Å². The first-order valence-corrected chi connectivity index (χ1v) is 7.18. The van der Waals surface area contributed by atoms with E-state index in [1.807, 2.05) is 34.6 Å². The van der Waals surface area contributed by atoms with E-state index in [0.717, 1.165) is 0 Å². The van der Waals surface area contributed by atoms with E-state index in [0.29, 0.717) is 0 Å². The first kappa shape index (κ1) is 17.1. The summed E-state index contributed by atoms with van der Waals surface area (Å²) in [6.07, 6.45) is -0.104. The van der Waals surface area contributed by atoms with Gasteiger partial charge in [-0.1, -0.05) is 20.8 Å². The molecule has 0 aliphatic heterocycles. The van der Waals surface area contributed by atoms with Crippen molar-refractivity contribution in [3.05, 3.63) is 0 Å². The number of phosphoric acid groups is 1. The highest BCUT2D eigenvalue weighted by atomic mass is 31.2. The van der Waals surface area contributed by atoms with E-state index < -0.39 is 13.6 Å². The Balaban J connectivity index is 4.39. The quantitative estimate of drug-likeness (QED) is 0.591. The average molecular weight is 268 g/mol. The molecule has 0 aromatic carbocycles. The summed E-state index contributed by atoms with van der Waals surface area (Å²) < 4.78 is 27.0. The summed E-state index contributed by atoms with van der Waals surface area (Å²) in [5.74, 6) is -1.16. The number of ether oxygens (including phenoxy) is 1. The van der Waals surface area contributed by atoms with Gasteiger partial charge in [-0.3, -0.25) is 9.05 Å². The Bertz CT molecular complexity index is 280. The van der Waals surface area contributed by atoms with Gasteiger partial charge in [0.1, 0.15) is 0 Å². The molecule has 17 heavy (non-hydrogen) atoms. The summed E-state index contributed by atoms with van der Waals surface area (Å²) in [5.41, 5.74) is -0.204. The molecular formula is C11H25O5P. The van der Waals surface area contributed by atoms with E-state index in [-0.39, 0.29) is 18.1 Å². The number of rotatable bonds is 6. The van der Waals surface area contributed by atoms with Gasteiger partial charge >= 0.3 is 7.82 Å². The summed E-state index contributed by atoms with van der Waals surface area (Å²) in [6, 6.07) is 0. The summed E-state index contributed by atoms with van der Waals surface area (Å²) in [4.78, 5) is 9.56. The molecular weight excluding hydrogens is 243 g/mol. The monoisotopic (exact) mass is 268 g/mol. The lowest BCUT2D eigenvalue weighted by Gasteiger charge is -2.30. The van der Waals surface area contributed by atoms with Crippen molar-refractivity contribution in [2.24, 2.45) is 5.41 Å². The molecule has 104 valence electrons. The van der Waals surface area contributed by atoms with Crippen LogP contribution in [0.3, 0.4) is 0 Å². The molecule has 0 aliphatic rings. The van der Waals surface area contributed by atoms with Crippen molar-refractivity contribution in [3.8, 4) is 0 Å². The van der Waals surface area contributed by atoms with Gasteiger partial charge in [-0.25, -0.2) is 4.57 Å². The van der Waals surface area contributed by atoms with Gasteiger partial charge in [0.25, 0.3) is 0 Å². The molecule has 0 aromatic rings. The van der Waals surface area contributed by atoms with Gasteiger partial charge in [-0.15, -0.1) is 0 Å². The maximum Gasteiger partial charge on any atom is 0.474 e. The molecule has 0 spiro atoms. The molecule has 0 saturated carbocycles. The molecule has 0 heterocycles. The summed E-state index contributed by atoms with van der Waals surface area (Å²) in [7, 11) is -4.09. The first-order valence-electron chi connectivity index (χ1n) is 5.69. The Hall–Kier alpha value is 0.0700. The molecule has 1 atom stereocenters. The van der Waals surface area contributed by atoms with Crippen molar-refractivity contribution in [1.82, 2.24) is 0 Å². The fraction of sp³-hybridized carbons (Fsp3) is 1.00. The largest absolute Gasteiger partial charge is 0.474 e. The normalized spacial score (nSPS) is 17.2. The van der Waals surface area contributed by atoms with Crippen molar-refractivity contribution in [3.63, 3.8) is 0 Å². The van der Waals surface area contributed by atoms with Crippen LogP contribution in [0, 0.1) is 5.41 Å². The van der Waals surface area contributed by atoms with Crippen LogP contribution in [0.2, 0.25) is 0 Å². The van der Waals surface area contributed by atoms with Crippen molar-refractivity contribution < 1.29 is 23.2 Å². The van der Waals surface area contributed by atoms with Crippen LogP contribution < -0.4 is 0 Å². The average Bonchev–Trinajstić information content (AvgIpc) is 1.94. The number of hydrogen-bond donors (Lipinski definition) is 1. The molecule has 0 rings (SSSR count). The molecule has 0 bridgehead atoms. The fourth-order valence-corrected chi connectivity index (χ4v) is 2.37. The second kappa shape index (κ2) is 5.81. The summed E-state index contributed by atoms with van der Waals surface area (Å²) in [5, 5.41) is 0. The van der Waals surface area contributed by atoms with Gasteiger partial charge in [0.15, 0.2) is 5.79 Å². The van der Waals surface area contributed by atoms with Gasteiger partial charge < -0.3 is 9.63 Å². The Morgan fingerprint density at radius 3 is 2.00 bits per heavy atom. The summed E-state index contributed by atoms with van der Waals surface area (Å²) >= 11 is 0. The van der Waals surface area contributed by atoms with E-state index >= 15 is 0 Å². The minimum absolute atomic E-state index is 0.104. The molecule has 1 N–H and O–H groups in total. The van der Waals surface area contributed by atoms with E-state index in [4.69, 9.17) is 13.8 Å². The maximum absolute atomic E-state index is 11.7. The highest BCUT2D eigenvalue weighted by Gasteiger charge is 2.34. The third-order valence-electron chi connectivity index (χ3n) is 1.52. The lowest BCUT2D eigenvalue weighted by atomic mass is 9.99. The Labute approximate surface area is 104 Å². The van der Waals surface area contributed by atoms with Gasteiger partial charge in [0.2, 0.25) is 0 Å². The van der Waals surface area contributed by atoms with Crippen LogP contribution in [0.1, 0.15) is 48.5 Å². The predicted molar refractivity (Wildman–Crippen MR) is 66.6 cm³/mol. The fourth-order valence-electron chi connectivity index (χ4n) is 1.17. The number of phosphoric ester groups is 1. The van der Waals surface area contributed by atoms with Gasteiger partial charge in [-0.2, -0.15) is 0 Å². The molecule has 0 fully saturated rings. The molecule has 6 heteroatoms. The molecule has 5 nitrogen and oxygen atoms in total. The zero-order valence-corrected chi connectivity index (χ0v) is 12.7. The van der Waals surface area contributed by atoms with Gasteiger partial charge in [-0.05, 0) is 33.1 Å². The second-order valence-corrected chi connectivity index (χ2v) is 7.34.